The molecule has 0 saturated heterocycles. The van der Waals surface area contributed by atoms with Gasteiger partial charge in [0.15, 0.2) is 11.5 Å². The number of nitrogens with one attached hydrogen (secondary N) is 1. The molecule has 126 valence electrons. The lowest BCUT2D eigenvalue weighted by Crippen LogP contribution is -2.25. The van der Waals surface area contributed by atoms with Crippen LogP contribution in [-0.4, -0.2) is 29.2 Å². The summed E-state index contributed by atoms with van der Waals surface area (Å²) in [6, 6.07) is 9.04. The highest BCUT2D eigenvalue weighted by Gasteiger charge is 2.16. The Morgan fingerprint density at radius 1 is 1.16 bits per heavy atom. The number of ether oxygens (including phenoxy) is 2. The second-order valence-corrected chi connectivity index (χ2v) is 6.31. The number of thiazole rings is 1. The van der Waals surface area contributed by atoms with Crippen LogP contribution in [0.2, 0.25) is 0 Å². The van der Waals surface area contributed by atoms with Crippen molar-refractivity contribution < 1.29 is 14.3 Å². The molecular weight excluding hydrogens is 338 g/mol. The van der Waals surface area contributed by atoms with Crippen LogP contribution in [0.25, 0.3) is 10.6 Å². The van der Waals surface area contributed by atoms with Gasteiger partial charge in [0.05, 0.1) is 5.69 Å². The molecule has 1 aromatic carbocycles. The lowest BCUT2D eigenvalue weighted by atomic mass is 10.2. The van der Waals surface area contributed by atoms with Crippen molar-refractivity contribution in [3.05, 3.63) is 59.4 Å². The summed E-state index contributed by atoms with van der Waals surface area (Å²) in [5.41, 5.74) is 2.57. The molecule has 1 amide bonds. The Labute approximate surface area is 148 Å². The third-order valence-corrected chi connectivity index (χ3v) is 4.72. The molecule has 2 aromatic heterocycles. The van der Waals surface area contributed by atoms with E-state index in [1.165, 1.54) is 0 Å². The zero-order valence-electron chi connectivity index (χ0n) is 13.3. The Kier molecular flexibility index (Phi) is 4.30. The zero-order valence-corrected chi connectivity index (χ0v) is 14.1. The summed E-state index contributed by atoms with van der Waals surface area (Å²) in [5.74, 6) is 1.14. The number of carbonyl (C=O) groups excluding carboxylic acids is 1. The SMILES string of the molecule is O=C(NCCc1csc(-c2ccncc2)n1)c1ccc2c(c1)OCO2. The molecule has 0 aliphatic carbocycles. The number of pyridine rings is 1. The van der Waals surface area contributed by atoms with E-state index in [1.807, 2.05) is 17.5 Å². The normalized spacial score (nSPS) is 12.2. The molecule has 0 saturated carbocycles. The monoisotopic (exact) mass is 353 g/mol. The minimum atomic E-state index is -0.136. The van der Waals surface area contributed by atoms with E-state index in [-0.39, 0.29) is 12.7 Å². The average molecular weight is 353 g/mol. The number of amides is 1. The number of nitrogens with zero attached hydrogens (tertiary/aromatic N) is 2. The van der Waals surface area contributed by atoms with Gasteiger partial charge in [0, 0.05) is 41.9 Å². The summed E-state index contributed by atoms with van der Waals surface area (Å²) in [7, 11) is 0. The molecule has 0 atom stereocenters. The molecule has 1 N–H and O–H groups in total. The van der Waals surface area contributed by atoms with E-state index in [1.54, 1.807) is 41.9 Å². The summed E-state index contributed by atoms with van der Waals surface area (Å²) in [6.07, 6.45) is 4.18. The maximum atomic E-state index is 12.2. The summed E-state index contributed by atoms with van der Waals surface area (Å²) in [4.78, 5) is 20.8. The standard InChI is InChI=1S/C18H15N3O3S/c22-17(13-1-2-15-16(9-13)24-11-23-15)20-8-5-14-10-25-18(21-14)12-3-6-19-7-4-12/h1-4,6-7,9-10H,5,8,11H2,(H,20,22). The van der Waals surface area contributed by atoms with E-state index in [9.17, 15) is 4.79 Å². The average Bonchev–Trinajstić information content (AvgIpc) is 3.31. The molecule has 3 heterocycles. The van der Waals surface area contributed by atoms with Crippen molar-refractivity contribution in [1.29, 1.82) is 0 Å². The molecule has 25 heavy (non-hydrogen) atoms. The fourth-order valence-electron chi connectivity index (χ4n) is 2.49. The lowest BCUT2D eigenvalue weighted by Gasteiger charge is -2.05. The van der Waals surface area contributed by atoms with Crippen LogP contribution in [0.3, 0.4) is 0 Å². The molecule has 1 aliphatic rings. The van der Waals surface area contributed by atoms with Crippen molar-refractivity contribution in [2.75, 3.05) is 13.3 Å². The number of hydrogen-bond donors (Lipinski definition) is 1. The van der Waals surface area contributed by atoms with Crippen LogP contribution in [0.15, 0.2) is 48.1 Å². The van der Waals surface area contributed by atoms with E-state index in [0.717, 1.165) is 16.3 Å². The van der Waals surface area contributed by atoms with E-state index < -0.39 is 0 Å². The fraction of sp³-hybridized carbons (Fsp3) is 0.167. The Hall–Kier alpha value is -2.93. The van der Waals surface area contributed by atoms with Crippen molar-refractivity contribution >= 4 is 17.2 Å². The number of rotatable bonds is 5. The molecule has 0 unspecified atom stereocenters. The summed E-state index contributed by atoms with van der Waals surface area (Å²) >= 11 is 1.59. The Morgan fingerprint density at radius 2 is 2.00 bits per heavy atom. The minimum absolute atomic E-state index is 0.136. The van der Waals surface area contributed by atoms with Gasteiger partial charge >= 0.3 is 0 Å². The zero-order chi connectivity index (χ0) is 17.1. The Balaban J connectivity index is 1.33. The maximum Gasteiger partial charge on any atom is 0.251 e. The quantitative estimate of drug-likeness (QED) is 0.763. The molecule has 0 spiro atoms. The van der Waals surface area contributed by atoms with Gasteiger partial charge < -0.3 is 14.8 Å². The van der Waals surface area contributed by atoms with Gasteiger partial charge in [-0.25, -0.2) is 4.98 Å². The molecule has 6 nitrogen and oxygen atoms in total. The summed E-state index contributed by atoms with van der Waals surface area (Å²) in [6.45, 7) is 0.719. The van der Waals surface area contributed by atoms with Crippen molar-refractivity contribution in [2.45, 2.75) is 6.42 Å². The number of benzene rings is 1. The molecular formula is C18H15N3O3S. The number of hydrogen-bond acceptors (Lipinski definition) is 6. The number of aromatic nitrogens is 2. The van der Waals surface area contributed by atoms with Crippen molar-refractivity contribution in [1.82, 2.24) is 15.3 Å². The van der Waals surface area contributed by atoms with Crippen molar-refractivity contribution in [2.24, 2.45) is 0 Å². The smallest absolute Gasteiger partial charge is 0.251 e. The van der Waals surface area contributed by atoms with E-state index >= 15 is 0 Å². The summed E-state index contributed by atoms with van der Waals surface area (Å²) < 4.78 is 10.5. The maximum absolute atomic E-state index is 12.2. The van der Waals surface area contributed by atoms with Gasteiger partial charge in [-0.2, -0.15) is 0 Å². The number of carbonyl (C=O) groups is 1. The number of fused-ring (bicyclic) bond motifs is 1. The fourth-order valence-corrected chi connectivity index (χ4v) is 3.35. The predicted molar refractivity (Wildman–Crippen MR) is 93.9 cm³/mol. The van der Waals surface area contributed by atoms with Gasteiger partial charge in [0.2, 0.25) is 6.79 Å². The highest BCUT2D eigenvalue weighted by Crippen LogP contribution is 2.32. The van der Waals surface area contributed by atoms with Crippen LogP contribution >= 0.6 is 11.3 Å². The third-order valence-electron chi connectivity index (χ3n) is 3.78. The van der Waals surface area contributed by atoms with Crippen molar-refractivity contribution in [3.63, 3.8) is 0 Å². The first-order valence-electron chi connectivity index (χ1n) is 7.82. The molecule has 0 radical (unpaired) electrons. The first-order chi connectivity index (χ1) is 12.3. The molecule has 3 aromatic rings. The van der Waals surface area contributed by atoms with Gasteiger partial charge in [-0.15, -0.1) is 11.3 Å². The second-order valence-electron chi connectivity index (χ2n) is 5.45. The Bertz CT molecular complexity index is 896. The largest absolute Gasteiger partial charge is 0.454 e. The van der Waals surface area contributed by atoms with Gasteiger partial charge in [0.1, 0.15) is 5.01 Å². The van der Waals surface area contributed by atoms with Gasteiger partial charge in [-0.3, -0.25) is 9.78 Å². The highest BCUT2D eigenvalue weighted by molar-refractivity contribution is 7.13. The molecule has 1 aliphatic heterocycles. The van der Waals surface area contributed by atoms with E-state index in [2.05, 4.69) is 15.3 Å². The minimum Gasteiger partial charge on any atom is -0.454 e. The molecule has 0 bridgehead atoms. The third kappa shape index (κ3) is 3.46. The van der Waals surface area contributed by atoms with Crippen LogP contribution in [0.5, 0.6) is 11.5 Å². The van der Waals surface area contributed by atoms with Crippen LogP contribution in [0.1, 0.15) is 16.1 Å². The molecule has 0 fully saturated rings. The highest BCUT2D eigenvalue weighted by atomic mass is 32.1. The van der Waals surface area contributed by atoms with Crippen molar-refractivity contribution in [3.8, 4) is 22.1 Å². The van der Waals surface area contributed by atoms with Gasteiger partial charge in [0.25, 0.3) is 5.91 Å². The second kappa shape index (κ2) is 6.90. The van der Waals surface area contributed by atoms with E-state index in [0.29, 0.717) is 30.0 Å². The predicted octanol–water partition coefficient (Wildman–Crippen LogP) is 2.91. The topological polar surface area (TPSA) is 73.3 Å². The molecule has 7 heteroatoms. The van der Waals surface area contributed by atoms with Gasteiger partial charge in [-0.05, 0) is 30.3 Å². The first-order valence-corrected chi connectivity index (χ1v) is 8.70. The van der Waals surface area contributed by atoms with E-state index in [4.69, 9.17) is 9.47 Å². The molecule has 4 rings (SSSR count). The van der Waals surface area contributed by atoms with Crippen LogP contribution < -0.4 is 14.8 Å². The lowest BCUT2D eigenvalue weighted by molar-refractivity contribution is 0.0953. The van der Waals surface area contributed by atoms with Crippen LogP contribution in [-0.2, 0) is 6.42 Å². The summed E-state index contributed by atoms with van der Waals surface area (Å²) in [5, 5.41) is 5.88. The first kappa shape index (κ1) is 15.6. The van der Waals surface area contributed by atoms with Crippen LogP contribution in [0, 0.1) is 0 Å². The van der Waals surface area contributed by atoms with Gasteiger partial charge in [-0.1, -0.05) is 0 Å². The Morgan fingerprint density at radius 3 is 2.88 bits per heavy atom. The van der Waals surface area contributed by atoms with Crippen LogP contribution in [0.4, 0.5) is 0 Å².